The maximum Gasteiger partial charge on any atom is 0.355 e. The lowest BCUT2D eigenvalue weighted by atomic mass is 10.3. The van der Waals surface area contributed by atoms with Crippen molar-refractivity contribution in [1.82, 2.24) is 0 Å². The summed E-state index contributed by atoms with van der Waals surface area (Å²) in [6, 6.07) is 0. The molecule has 0 unspecified atom stereocenters. The van der Waals surface area contributed by atoms with Crippen LogP contribution >= 0.6 is 0 Å². The highest BCUT2D eigenvalue weighted by Crippen LogP contribution is 1.91. The van der Waals surface area contributed by atoms with Gasteiger partial charge in [0.25, 0.3) is 0 Å². The predicted molar refractivity (Wildman–Crippen MR) is 24.9 cm³/mol. The van der Waals surface area contributed by atoms with E-state index >= 15 is 0 Å². The van der Waals surface area contributed by atoms with E-state index in [-0.39, 0.29) is 6.42 Å². The second-order valence-electron chi connectivity index (χ2n) is 1.33. The highest BCUT2D eigenvalue weighted by atomic mass is 16.4. The Bertz CT molecular complexity index is 59.1. The van der Waals surface area contributed by atoms with Crippen LogP contribution in [0.5, 0.6) is 0 Å². The van der Waals surface area contributed by atoms with Crippen molar-refractivity contribution in [3.8, 4) is 0 Å². The molecule has 2 heteroatoms. The number of carbonyl (C=O) groups excluding carboxylic acids is 1. The van der Waals surface area contributed by atoms with Gasteiger partial charge in [-0.3, -0.25) is 0 Å². The Labute approximate surface area is 43.2 Å². The second kappa shape index (κ2) is 3.65. The van der Waals surface area contributed by atoms with E-state index < -0.39 is 5.97 Å². The van der Waals surface area contributed by atoms with Crippen LogP contribution in [0.15, 0.2) is 0 Å². The molecule has 0 amide bonds. The Morgan fingerprint density at radius 1 is 1.57 bits per heavy atom. The van der Waals surface area contributed by atoms with Crippen molar-refractivity contribution in [2.45, 2.75) is 19.3 Å². The fraction of sp³-hybridized carbons (Fsp3) is 0.600. The predicted octanol–water partition coefficient (Wildman–Crippen LogP) is 0.948. The van der Waals surface area contributed by atoms with Gasteiger partial charge in [0.2, 0.25) is 0 Å². The van der Waals surface area contributed by atoms with Gasteiger partial charge in [-0.1, -0.05) is 13.3 Å². The molecule has 0 aliphatic carbocycles. The maximum atomic E-state index is 9.62. The lowest BCUT2D eigenvalue weighted by Gasteiger charge is -1.82. The number of unbranched alkanes of at least 4 members (excludes halogenated alkanes) is 1. The average molecular weight is 100 g/mol. The molecule has 0 aromatic heterocycles. The van der Waals surface area contributed by atoms with Crippen molar-refractivity contribution in [2.24, 2.45) is 0 Å². The molecule has 40 valence electrons. The van der Waals surface area contributed by atoms with Crippen LogP contribution in [0.3, 0.4) is 0 Å². The first-order chi connectivity index (χ1) is 3.27. The molecule has 0 atom stereocenters. The molecule has 0 aliphatic rings. The van der Waals surface area contributed by atoms with E-state index in [1.165, 1.54) is 0 Å². The first-order valence-corrected chi connectivity index (χ1v) is 2.26. The summed E-state index contributed by atoms with van der Waals surface area (Å²) in [6.45, 7) is 3.47. The molecular weight excluding hydrogens is 92.1 g/mol. The Morgan fingerprint density at radius 3 is 2.29 bits per heavy atom. The molecule has 0 aromatic carbocycles. The van der Waals surface area contributed by atoms with Crippen molar-refractivity contribution in [1.29, 1.82) is 0 Å². The van der Waals surface area contributed by atoms with Gasteiger partial charge >= 0.3 is 5.97 Å². The molecule has 0 saturated carbocycles. The van der Waals surface area contributed by atoms with Crippen molar-refractivity contribution in [3.05, 3.63) is 6.92 Å². The molecule has 0 aliphatic heterocycles. The Hall–Kier alpha value is -0.530. The Balaban J connectivity index is 2.82. The average Bonchev–Trinajstić information content (AvgIpc) is 1.61. The van der Waals surface area contributed by atoms with Crippen LogP contribution in [-0.4, -0.2) is 5.97 Å². The number of hydrogen-bond donors (Lipinski definition) is 0. The normalized spacial score (nSPS) is 8.71. The zero-order chi connectivity index (χ0) is 5.70. The molecule has 0 bridgehead atoms. The minimum absolute atomic E-state index is 0.142. The zero-order valence-electron chi connectivity index (χ0n) is 4.14. The molecule has 0 spiro atoms. The van der Waals surface area contributed by atoms with Crippen molar-refractivity contribution in [2.75, 3.05) is 0 Å². The standard InChI is InChI=1S/C5H8O2/c1-2-3-4-5(6)7/h1-4H2. The molecule has 0 rings (SSSR count). The van der Waals surface area contributed by atoms with E-state index in [4.69, 9.17) is 0 Å². The van der Waals surface area contributed by atoms with Crippen molar-refractivity contribution >= 4 is 5.97 Å². The van der Waals surface area contributed by atoms with Crippen LogP contribution in [0, 0.1) is 6.92 Å². The fourth-order valence-corrected chi connectivity index (χ4v) is 0.269. The van der Waals surface area contributed by atoms with E-state index in [0.717, 1.165) is 0 Å². The van der Waals surface area contributed by atoms with Crippen molar-refractivity contribution < 1.29 is 9.90 Å². The highest BCUT2D eigenvalue weighted by Gasteiger charge is 1.94. The highest BCUT2D eigenvalue weighted by molar-refractivity contribution is 5.66. The number of rotatable bonds is 3. The monoisotopic (exact) mass is 100 g/mol. The minimum atomic E-state index is -0.983. The van der Waals surface area contributed by atoms with E-state index in [1.807, 2.05) is 0 Å². The molecule has 7 heavy (non-hydrogen) atoms. The summed E-state index contributed by atoms with van der Waals surface area (Å²) in [6.07, 6.45) is 1.44. The number of carbonyl (C=O) groups is 1. The van der Waals surface area contributed by atoms with Gasteiger partial charge in [0.1, 0.15) is 0 Å². The van der Waals surface area contributed by atoms with E-state index in [0.29, 0.717) is 12.8 Å². The van der Waals surface area contributed by atoms with E-state index in [2.05, 4.69) is 6.92 Å². The molecule has 2 radical (unpaired) electrons. The third-order valence-electron chi connectivity index (χ3n) is 0.631. The van der Waals surface area contributed by atoms with Gasteiger partial charge in [0.15, 0.2) is 0 Å². The molecule has 0 heterocycles. The van der Waals surface area contributed by atoms with Gasteiger partial charge in [0.05, 0.1) is 6.42 Å². The third-order valence-corrected chi connectivity index (χ3v) is 0.631. The van der Waals surface area contributed by atoms with Crippen LogP contribution in [0.2, 0.25) is 0 Å². The Morgan fingerprint density at radius 2 is 2.14 bits per heavy atom. The largest absolute Gasteiger partial charge is 0.355 e. The van der Waals surface area contributed by atoms with Crippen molar-refractivity contribution in [3.63, 3.8) is 0 Å². The van der Waals surface area contributed by atoms with Crippen LogP contribution in [-0.2, 0) is 9.90 Å². The minimum Gasteiger partial charge on any atom is -0.247 e. The van der Waals surface area contributed by atoms with E-state index in [1.54, 1.807) is 0 Å². The summed E-state index contributed by atoms with van der Waals surface area (Å²) >= 11 is 0. The molecule has 0 N–H and O–H groups in total. The molecule has 2 nitrogen and oxygen atoms in total. The quantitative estimate of drug-likeness (QED) is 0.520. The molecule has 0 fully saturated rings. The Kier molecular flexibility index (Phi) is 3.38. The van der Waals surface area contributed by atoms with Gasteiger partial charge in [-0.2, -0.15) is 0 Å². The molecule has 0 saturated heterocycles. The lowest BCUT2D eigenvalue weighted by molar-refractivity contribution is -0.143. The zero-order valence-corrected chi connectivity index (χ0v) is 4.14. The van der Waals surface area contributed by atoms with Crippen LogP contribution in [0.1, 0.15) is 19.3 Å². The number of hydrogen-bond acceptors (Lipinski definition) is 1. The summed E-state index contributed by atoms with van der Waals surface area (Å²) in [4.78, 5) is 9.62. The molecular formula is C5H8O2. The fourth-order valence-electron chi connectivity index (χ4n) is 0.269. The first-order valence-electron chi connectivity index (χ1n) is 2.26. The van der Waals surface area contributed by atoms with Gasteiger partial charge in [-0.05, 0) is 6.42 Å². The van der Waals surface area contributed by atoms with Gasteiger partial charge in [-0.25, -0.2) is 9.90 Å². The second-order valence-corrected chi connectivity index (χ2v) is 1.33. The summed E-state index contributed by atoms with van der Waals surface area (Å²) in [5.74, 6) is -0.983. The molecule has 0 aromatic rings. The van der Waals surface area contributed by atoms with Crippen LogP contribution in [0.4, 0.5) is 0 Å². The summed E-state index contributed by atoms with van der Waals surface area (Å²) < 4.78 is 0. The van der Waals surface area contributed by atoms with Crippen LogP contribution in [0.25, 0.3) is 0 Å². The lowest BCUT2D eigenvalue weighted by Crippen LogP contribution is -1.89. The topological polar surface area (TPSA) is 37.0 Å². The van der Waals surface area contributed by atoms with Crippen LogP contribution < -0.4 is 0 Å². The first kappa shape index (κ1) is 6.47. The van der Waals surface area contributed by atoms with Gasteiger partial charge < -0.3 is 0 Å². The third kappa shape index (κ3) is 5.47. The van der Waals surface area contributed by atoms with Gasteiger partial charge in [-0.15, -0.1) is 0 Å². The maximum absolute atomic E-state index is 9.62. The summed E-state index contributed by atoms with van der Waals surface area (Å²) in [5, 5.41) is 9.62. The summed E-state index contributed by atoms with van der Waals surface area (Å²) in [7, 11) is 0. The SMILES string of the molecule is [CH2]CCCC([O])=O. The summed E-state index contributed by atoms with van der Waals surface area (Å²) in [5.41, 5.74) is 0. The van der Waals surface area contributed by atoms with Gasteiger partial charge in [0, 0.05) is 0 Å². The van der Waals surface area contributed by atoms with E-state index in [9.17, 15) is 9.90 Å². The smallest absolute Gasteiger partial charge is 0.247 e.